The number of nitrogens with one attached hydrogen (secondary N) is 1. The van der Waals surface area contributed by atoms with Gasteiger partial charge >= 0.3 is 6.09 Å². The summed E-state index contributed by atoms with van der Waals surface area (Å²) in [6.07, 6.45) is 0.444. The van der Waals surface area contributed by atoms with Gasteiger partial charge in [0.1, 0.15) is 28.5 Å². The van der Waals surface area contributed by atoms with E-state index in [1.165, 1.54) is 35.5 Å². The van der Waals surface area contributed by atoms with Crippen molar-refractivity contribution in [2.75, 3.05) is 33.1 Å². The van der Waals surface area contributed by atoms with E-state index in [9.17, 15) is 32.5 Å². The van der Waals surface area contributed by atoms with Crippen LogP contribution in [0.2, 0.25) is 0 Å². The first-order chi connectivity index (χ1) is 20.3. The Bertz CT molecular complexity index is 1550. The molecule has 1 aliphatic rings. The van der Waals surface area contributed by atoms with Gasteiger partial charge in [-0.05, 0) is 33.8 Å². The number of nitrogens with zero attached hydrogens (tertiary/aromatic N) is 2. The van der Waals surface area contributed by atoms with Crippen LogP contribution in [-0.2, 0) is 26.9 Å². The predicted molar refractivity (Wildman–Crippen MR) is 160 cm³/mol. The number of hydrogen-bond donors (Lipinski definition) is 1. The van der Waals surface area contributed by atoms with E-state index in [1.54, 1.807) is 41.5 Å². The molecule has 0 fully saturated rings. The Balaban J connectivity index is 2.06. The molecule has 2 amide bonds. The van der Waals surface area contributed by atoms with Crippen LogP contribution < -0.4 is 15.5 Å². The summed E-state index contributed by atoms with van der Waals surface area (Å²) in [5.41, 5.74) is -3.49. The van der Waals surface area contributed by atoms with Crippen molar-refractivity contribution in [3.8, 4) is 5.75 Å². The standard InChI is InChI=1S/C30H40F2N3O8P/c1-9-42-44(8,40)13-12-35(28(39)43-29(2,3)4)22-17-34-16-20(24(36)25(41-7)23(34)26(37)30(22,5)6)27(38)33-15-18-10-11-19(31)14-21(18)32/h10-11,14,16,22H,9,12-13,15,17H2,1-8H3,(H,33,38). The lowest BCUT2D eigenvalue weighted by Gasteiger charge is -2.45. The SMILES string of the molecule is CCOP(C)(=O)CCN(C(=O)OC(C)(C)C)C1Cn2cc(C(=O)NCc3ccc(F)cc3F)c(=O)c(OC)c2C(=O)C1(C)C. The van der Waals surface area contributed by atoms with Gasteiger partial charge in [-0.2, -0.15) is 0 Å². The van der Waals surface area contributed by atoms with Gasteiger partial charge in [-0.15, -0.1) is 0 Å². The van der Waals surface area contributed by atoms with Crippen LogP contribution in [0, 0.1) is 17.0 Å². The van der Waals surface area contributed by atoms with Crippen molar-refractivity contribution in [2.45, 2.75) is 66.3 Å². The smallest absolute Gasteiger partial charge is 0.410 e. The highest BCUT2D eigenvalue weighted by Crippen LogP contribution is 2.43. The number of pyridine rings is 1. The van der Waals surface area contributed by atoms with E-state index in [2.05, 4.69) is 5.32 Å². The Labute approximate surface area is 255 Å². The minimum absolute atomic E-state index is 0.00460. The van der Waals surface area contributed by atoms with Gasteiger partial charge in [-0.1, -0.05) is 19.9 Å². The zero-order chi connectivity index (χ0) is 33.2. The molecule has 2 unspecified atom stereocenters. The Kier molecular flexibility index (Phi) is 10.5. The summed E-state index contributed by atoms with van der Waals surface area (Å²) in [5.74, 6) is -3.42. The number of amides is 2. The van der Waals surface area contributed by atoms with Gasteiger partial charge in [-0.25, -0.2) is 13.6 Å². The molecule has 0 saturated carbocycles. The maximum Gasteiger partial charge on any atom is 0.410 e. The molecule has 0 spiro atoms. The topological polar surface area (TPSA) is 133 Å². The summed E-state index contributed by atoms with van der Waals surface area (Å²) in [6, 6.07) is 2.02. The van der Waals surface area contributed by atoms with Crippen molar-refractivity contribution < 1.29 is 41.7 Å². The molecule has 2 aromatic rings. The van der Waals surface area contributed by atoms with Gasteiger partial charge in [0.2, 0.25) is 12.8 Å². The lowest BCUT2D eigenvalue weighted by Crippen LogP contribution is -2.58. The molecule has 0 radical (unpaired) electrons. The summed E-state index contributed by atoms with van der Waals surface area (Å²) in [6.45, 7) is 11.3. The summed E-state index contributed by atoms with van der Waals surface area (Å²) < 4.78 is 58.1. The summed E-state index contributed by atoms with van der Waals surface area (Å²) >= 11 is 0. The van der Waals surface area contributed by atoms with Gasteiger partial charge in [0.15, 0.2) is 11.5 Å². The molecule has 2 heterocycles. The maximum atomic E-state index is 14.1. The average Bonchev–Trinajstić information content (AvgIpc) is 2.90. The normalized spacial score (nSPS) is 17.3. The van der Waals surface area contributed by atoms with E-state index in [0.29, 0.717) is 6.07 Å². The molecule has 1 N–H and O–H groups in total. The second-order valence-electron chi connectivity index (χ2n) is 12.2. The first-order valence-corrected chi connectivity index (χ1v) is 16.4. The van der Waals surface area contributed by atoms with Crippen LogP contribution in [0.4, 0.5) is 13.6 Å². The van der Waals surface area contributed by atoms with Gasteiger partial charge in [0.25, 0.3) is 5.91 Å². The predicted octanol–water partition coefficient (Wildman–Crippen LogP) is 4.84. The van der Waals surface area contributed by atoms with E-state index in [0.717, 1.165) is 6.07 Å². The molecule has 0 bridgehead atoms. The number of methoxy groups -OCH3 is 1. The minimum atomic E-state index is -3.09. The molecule has 1 aromatic heterocycles. The Morgan fingerprint density at radius 2 is 1.86 bits per heavy atom. The number of fused-ring (bicyclic) bond motifs is 1. The summed E-state index contributed by atoms with van der Waals surface area (Å²) in [7, 11) is -1.90. The lowest BCUT2D eigenvalue weighted by atomic mass is 9.75. The van der Waals surface area contributed by atoms with Crippen LogP contribution in [0.3, 0.4) is 0 Å². The number of carbonyl (C=O) groups excluding carboxylic acids is 3. The molecule has 242 valence electrons. The van der Waals surface area contributed by atoms with Crippen LogP contribution in [0.1, 0.15) is 68.0 Å². The molecule has 2 atom stereocenters. The van der Waals surface area contributed by atoms with E-state index in [1.807, 2.05) is 0 Å². The van der Waals surface area contributed by atoms with Gasteiger partial charge in [-0.3, -0.25) is 18.9 Å². The van der Waals surface area contributed by atoms with E-state index in [-0.39, 0.29) is 49.4 Å². The van der Waals surface area contributed by atoms with E-state index >= 15 is 0 Å². The van der Waals surface area contributed by atoms with Gasteiger partial charge in [0.05, 0.1) is 25.2 Å². The number of carbonyl (C=O) groups is 3. The van der Waals surface area contributed by atoms with Crippen molar-refractivity contribution in [3.63, 3.8) is 0 Å². The minimum Gasteiger partial charge on any atom is -0.491 e. The first-order valence-electron chi connectivity index (χ1n) is 14.1. The zero-order valence-corrected chi connectivity index (χ0v) is 27.2. The number of ether oxygens (including phenoxy) is 2. The summed E-state index contributed by atoms with van der Waals surface area (Å²) in [4.78, 5) is 55.3. The van der Waals surface area contributed by atoms with E-state index < -0.39 is 64.8 Å². The largest absolute Gasteiger partial charge is 0.491 e. The number of Topliss-reactive ketones (excluding diaryl/α,β-unsaturated/α-hetero) is 1. The fourth-order valence-electron chi connectivity index (χ4n) is 4.98. The fourth-order valence-corrected chi connectivity index (χ4v) is 6.24. The van der Waals surface area contributed by atoms with Crippen LogP contribution >= 0.6 is 7.37 Å². The lowest BCUT2D eigenvalue weighted by molar-refractivity contribution is -0.00255. The second kappa shape index (κ2) is 13.2. The third-order valence-corrected chi connectivity index (χ3v) is 9.11. The molecule has 1 aliphatic heterocycles. The molecule has 3 rings (SSSR count). The number of hydrogen-bond acceptors (Lipinski definition) is 8. The Morgan fingerprint density at radius 3 is 2.43 bits per heavy atom. The van der Waals surface area contributed by atoms with Crippen molar-refractivity contribution in [1.29, 1.82) is 0 Å². The number of aromatic nitrogens is 1. The van der Waals surface area contributed by atoms with Crippen molar-refractivity contribution >= 4 is 25.2 Å². The van der Waals surface area contributed by atoms with Gasteiger partial charge < -0.3 is 28.8 Å². The first kappa shape index (κ1) is 34.9. The van der Waals surface area contributed by atoms with Crippen molar-refractivity contribution in [2.24, 2.45) is 5.41 Å². The zero-order valence-electron chi connectivity index (χ0n) is 26.3. The summed E-state index contributed by atoms with van der Waals surface area (Å²) in [5, 5.41) is 2.44. The average molecular weight is 640 g/mol. The van der Waals surface area contributed by atoms with Gasteiger partial charge in [0, 0.05) is 50.3 Å². The third kappa shape index (κ3) is 7.74. The van der Waals surface area contributed by atoms with Crippen LogP contribution in [-0.4, -0.2) is 72.0 Å². The molecule has 0 aliphatic carbocycles. The molecule has 44 heavy (non-hydrogen) atoms. The van der Waals surface area contributed by atoms with Crippen molar-refractivity contribution in [1.82, 2.24) is 14.8 Å². The number of benzene rings is 1. The maximum absolute atomic E-state index is 14.1. The number of rotatable bonds is 10. The Morgan fingerprint density at radius 1 is 1.20 bits per heavy atom. The molecular weight excluding hydrogens is 599 g/mol. The highest BCUT2D eigenvalue weighted by Gasteiger charge is 2.49. The second-order valence-corrected chi connectivity index (χ2v) is 15.0. The third-order valence-electron chi connectivity index (χ3n) is 7.30. The number of ketones is 1. The van der Waals surface area contributed by atoms with Crippen molar-refractivity contribution in [3.05, 3.63) is 63.1 Å². The highest BCUT2D eigenvalue weighted by atomic mass is 31.2. The quantitative estimate of drug-likeness (QED) is 0.366. The fraction of sp³-hybridized carbons (Fsp3) is 0.533. The molecule has 14 heteroatoms. The van der Waals surface area contributed by atoms with Crippen LogP contribution in [0.5, 0.6) is 5.75 Å². The molecular formula is C30H40F2N3O8P. The monoisotopic (exact) mass is 639 g/mol. The molecule has 11 nitrogen and oxygen atoms in total. The van der Waals surface area contributed by atoms with Crippen LogP contribution in [0.15, 0.2) is 29.2 Å². The molecule has 1 aromatic carbocycles. The van der Waals surface area contributed by atoms with Crippen LogP contribution in [0.25, 0.3) is 0 Å². The molecule has 0 saturated heterocycles. The Hall–Kier alpha value is -3.57. The number of halogens is 2. The van der Waals surface area contributed by atoms with E-state index in [4.69, 9.17) is 14.0 Å². The highest BCUT2D eigenvalue weighted by molar-refractivity contribution is 7.58.